The van der Waals surface area contributed by atoms with Gasteiger partial charge in [-0.2, -0.15) is 0 Å². The number of amides is 2. The van der Waals surface area contributed by atoms with Crippen molar-refractivity contribution in [1.29, 1.82) is 0 Å². The van der Waals surface area contributed by atoms with E-state index < -0.39 is 28.5 Å². The fourth-order valence-corrected chi connectivity index (χ4v) is 4.88. The molecular formula is C23H28Cl3N3O4S. The highest BCUT2D eigenvalue weighted by molar-refractivity contribution is 7.92. The molecule has 0 aliphatic rings. The summed E-state index contributed by atoms with van der Waals surface area (Å²) >= 11 is 18.5. The molecule has 0 aliphatic heterocycles. The number of carbonyl (C=O) groups excluding carboxylic acids is 2. The quantitative estimate of drug-likeness (QED) is 0.468. The minimum Gasteiger partial charge on any atom is -0.355 e. The first-order valence-corrected chi connectivity index (χ1v) is 13.6. The maximum Gasteiger partial charge on any atom is 0.244 e. The highest BCUT2D eigenvalue weighted by Crippen LogP contribution is 2.27. The zero-order valence-corrected chi connectivity index (χ0v) is 22.5. The molecule has 2 aromatic carbocycles. The Hall–Kier alpha value is -2.00. The van der Waals surface area contributed by atoms with Gasteiger partial charge in [0.05, 0.1) is 11.9 Å². The molecule has 0 saturated carbocycles. The summed E-state index contributed by atoms with van der Waals surface area (Å²) in [6.07, 6.45) is 1.33. The third kappa shape index (κ3) is 7.25. The van der Waals surface area contributed by atoms with Crippen LogP contribution >= 0.6 is 34.8 Å². The van der Waals surface area contributed by atoms with E-state index in [1.165, 1.54) is 11.0 Å². The highest BCUT2D eigenvalue weighted by Gasteiger charge is 2.32. The number of rotatable bonds is 10. The molecule has 0 aromatic heterocycles. The van der Waals surface area contributed by atoms with E-state index in [4.69, 9.17) is 34.8 Å². The summed E-state index contributed by atoms with van der Waals surface area (Å²) in [4.78, 5) is 27.7. The van der Waals surface area contributed by atoms with Crippen molar-refractivity contribution in [2.24, 2.45) is 0 Å². The molecule has 0 aliphatic carbocycles. The van der Waals surface area contributed by atoms with E-state index in [9.17, 15) is 18.0 Å². The number of aryl methyl sites for hydroxylation is 1. The van der Waals surface area contributed by atoms with Crippen LogP contribution in [0.15, 0.2) is 36.4 Å². The summed E-state index contributed by atoms with van der Waals surface area (Å²) in [6, 6.07) is 8.77. The van der Waals surface area contributed by atoms with Crippen molar-refractivity contribution in [1.82, 2.24) is 10.2 Å². The van der Waals surface area contributed by atoms with Crippen LogP contribution in [0.3, 0.4) is 0 Å². The molecule has 2 rings (SSSR count). The Balaban J connectivity index is 2.48. The predicted octanol–water partition coefficient (Wildman–Crippen LogP) is 4.66. The van der Waals surface area contributed by atoms with Crippen LogP contribution < -0.4 is 9.62 Å². The Morgan fingerprint density at radius 3 is 2.24 bits per heavy atom. The van der Waals surface area contributed by atoms with Gasteiger partial charge in [0.2, 0.25) is 21.8 Å². The topological polar surface area (TPSA) is 86.8 Å². The predicted molar refractivity (Wildman–Crippen MR) is 138 cm³/mol. The Labute approximate surface area is 216 Å². The van der Waals surface area contributed by atoms with Crippen LogP contribution in [-0.4, -0.2) is 50.5 Å². The molecule has 0 fully saturated rings. The first-order chi connectivity index (χ1) is 15.9. The van der Waals surface area contributed by atoms with E-state index in [2.05, 4.69) is 5.32 Å². The molecule has 2 aromatic rings. The normalized spacial score (nSPS) is 12.2. The van der Waals surface area contributed by atoms with Gasteiger partial charge in [0.25, 0.3) is 0 Å². The molecule has 1 N–H and O–H groups in total. The Bertz CT molecular complexity index is 1160. The second-order valence-corrected chi connectivity index (χ2v) is 10.9. The number of halogens is 3. The number of anilines is 1. The van der Waals surface area contributed by atoms with Gasteiger partial charge < -0.3 is 10.2 Å². The lowest BCUT2D eigenvalue weighted by Crippen LogP contribution is -2.52. The van der Waals surface area contributed by atoms with Gasteiger partial charge in [0.15, 0.2) is 0 Å². The molecule has 11 heteroatoms. The maximum atomic E-state index is 13.6. The Morgan fingerprint density at radius 2 is 1.71 bits per heavy atom. The number of nitrogens with one attached hydrogen (secondary N) is 1. The van der Waals surface area contributed by atoms with Crippen molar-refractivity contribution < 1.29 is 18.0 Å². The van der Waals surface area contributed by atoms with Crippen molar-refractivity contribution in [3.63, 3.8) is 0 Å². The third-order valence-corrected chi connectivity index (χ3v) is 7.35. The summed E-state index contributed by atoms with van der Waals surface area (Å²) in [5.41, 5.74) is 1.60. The minimum absolute atomic E-state index is 0.00324. The van der Waals surface area contributed by atoms with Crippen molar-refractivity contribution in [2.45, 2.75) is 39.8 Å². The highest BCUT2D eigenvalue weighted by atomic mass is 35.5. The summed E-state index contributed by atoms with van der Waals surface area (Å²) in [7, 11) is -3.84. The smallest absolute Gasteiger partial charge is 0.244 e. The van der Waals surface area contributed by atoms with Gasteiger partial charge in [-0.15, -0.1) is 0 Å². The molecule has 0 unspecified atom stereocenters. The molecule has 0 spiro atoms. The van der Waals surface area contributed by atoms with Crippen molar-refractivity contribution >= 4 is 62.3 Å². The van der Waals surface area contributed by atoms with E-state index in [-0.39, 0.29) is 18.1 Å². The van der Waals surface area contributed by atoms with E-state index in [1.54, 1.807) is 51.1 Å². The zero-order valence-electron chi connectivity index (χ0n) is 19.4. The molecule has 2 amide bonds. The first kappa shape index (κ1) is 28.2. The molecule has 0 radical (unpaired) electrons. The summed E-state index contributed by atoms with van der Waals surface area (Å²) in [5, 5.41) is 3.87. The van der Waals surface area contributed by atoms with Crippen molar-refractivity contribution in [2.75, 3.05) is 23.7 Å². The molecule has 0 saturated heterocycles. The van der Waals surface area contributed by atoms with Gasteiger partial charge in [-0.05, 0) is 55.7 Å². The summed E-state index contributed by atoms with van der Waals surface area (Å²) < 4.78 is 26.2. The molecule has 34 heavy (non-hydrogen) atoms. The van der Waals surface area contributed by atoms with Crippen LogP contribution in [0.5, 0.6) is 0 Å². The number of hydrogen-bond acceptors (Lipinski definition) is 4. The average molecular weight is 549 g/mol. The summed E-state index contributed by atoms with van der Waals surface area (Å²) in [6.45, 7) is 5.21. The zero-order chi connectivity index (χ0) is 25.6. The van der Waals surface area contributed by atoms with E-state index in [1.807, 2.05) is 0 Å². The van der Waals surface area contributed by atoms with Crippen LogP contribution in [0.2, 0.25) is 15.1 Å². The monoisotopic (exact) mass is 547 g/mol. The summed E-state index contributed by atoms with van der Waals surface area (Å²) in [5.74, 6) is -0.904. The number of sulfonamides is 1. The van der Waals surface area contributed by atoms with Crippen molar-refractivity contribution in [3.05, 3.63) is 62.6 Å². The lowest BCUT2D eigenvalue weighted by molar-refractivity contribution is -0.140. The van der Waals surface area contributed by atoms with Crippen LogP contribution in [0.1, 0.15) is 31.4 Å². The fraction of sp³-hybridized carbons (Fsp3) is 0.391. The van der Waals surface area contributed by atoms with E-state index >= 15 is 0 Å². The van der Waals surface area contributed by atoms with Gasteiger partial charge in [0.1, 0.15) is 12.6 Å². The third-order valence-electron chi connectivity index (χ3n) is 5.22. The number of likely N-dealkylation sites (N-methyl/N-ethyl adjacent to an activating group) is 1. The molecule has 186 valence electrons. The Kier molecular flexibility index (Phi) is 10.1. The standard InChI is InChI=1S/C23H28Cl3N3O4S/c1-5-21(23(31)27-6-2)28(13-16-8-9-17(24)11-20(16)26)22(30)14-29(34(4,32)33)18-10-7-15(3)19(25)12-18/h7-12,21H,5-6,13-14H2,1-4H3,(H,27,31)/t21-/m0/s1. The largest absolute Gasteiger partial charge is 0.355 e. The maximum absolute atomic E-state index is 13.6. The fourth-order valence-electron chi connectivity index (χ4n) is 3.40. The number of nitrogens with zero attached hydrogens (tertiary/aromatic N) is 2. The van der Waals surface area contributed by atoms with Crippen LogP contribution in [-0.2, 0) is 26.2 Å². The van der Waals surface area contributed by atoms with Crippen LogP contribution in [0.25, 0.3) is 0 Å². The van der Waals surface area contributed by atoms with Crippen LogP contribution in [0.4, 0.5) is 5.69 Å². The lowest BCUT2D eigenvalue weighted by atomic mass is 10.1. The van der Waals surface area contributed by atoms with Gasteiger partial charge in [0, 0.05) is 28.2 Å². The van der Waals surface area contributed by atoms with Gasteiger partial charge in [-0.25, -0.2) is 8.42 Å². The average Bonchev–Trinajstić information content (AvgIpc) is 2.74. The van der Waals surface area contributed by atoms with E-state index in [0.717, 1.165) is 16.1 Å². The SMILES string of the molecule is CCNC(=O)[C@H](CC)N(Cc1ccc(Cl)cc1Cl)C(=O)CN(c1ccc(C)c(Cl)c1)S(C)(=O)=O. The van der Waals surface area contributed by atoms with Gasteiger partial charge >= 0.3 is 0 Å². The molecule has 7 nitrogen and oxygen atoms in total. The molecular weight excluding hydrogens is 521 g/mol. The van der Waals surface area contributed by atoms with Crippen LogP contribution in [0, 0.1) is 6.92 Å². The second-order valence-electron chi connectivity index (χ2n) is 7.78. The molecule has 0 bridgehead atoms. The van der Waals surface area contributed by atoms with E-state index in [0.29, 0.717) is 33.6 Å². The lowest BCUT2D eigenvalue weighted by Gasteiger charge is -2.33. The van der Waals surface area contributed by atoms with Crippen molar-refractivity contribution in [3.8, 4) is 0 Å². The van der Waals surface area contributed by atoms with Gasteiger partial charge in [-0.3, -0.25) is 13.9 Å². The molecule has 1 atom stereocenters. The minimum atomic E-state index is -3.84. The molecule has 0 heterocycles. The number of carbonyl (C=O) groups is 2. The number of hydrogen-bond donors (Lipinski definition) is 1. The number of benzene rings is 2. The Morgan fingerprint density at radius 1 is 1.03 bits per heavy atom. The second kappa shape index (κ2) is 12.1. The first-order valence-electron chi connectivity index (χ1n) is 10.6. The van der Waals surface area contributed by atoms with Gasteiger partial charge in [-0.1, -0.05) is 53.9 Å².